The second-order valence-electron chi connectivity index (χ2n) is 12.8. The Hall–Kier alpha value is -6.41. The summed E-state index contributed by atoms with van der Waals surface area (Å²) in [5.41, 5.74) is 3.26. The number of aromatic nitrogens is 6. The van der Waals surface area contributed by atoms with Gasteiger partial charge in [0.2, 0.25) is 6.04 Å². The molecular weight excluding hydrogens is 626 g/mol. The fourth-order valence-corrected chi connectivity index (χ4v) is 6.07. The first-order valence-corrected chi connectivity index (χ1v) is 16.2. The van der Waals surface area contributed by atoms with Crippen molar-refractivity contribution in [2.24, 2.45) is 5.92 Å². The van der Waals surface area contributed by atoms with Crippen LogP contribution in [0.4, 0.5) is 0 Å². The first-order valence-electron chi connectivity index (χ1n) is 16.2. The monoisotopic (exact) mass is 657 g/mol. The van der Waals surface area contributed by atoms with Gasteiger partial charge in [-0.05, 0) is 86.4 Å². The Labute approximate surface area is 288 Å². The third-order valence-corrected chi connectivity index (χ3v) is 8.89. The van der Waals surface area contributed by atoms with E-state index < -0.39 is 5.60 Å². The van der Waals surface area contributed by atoms with E-state index >= 15 is 0 Å². The number of aliphatic hydroxyl groups is 1. The summed E-state index contributed by atoms with van der Waals surface area (Å²) < 4.78 is 3.30. The Morgan fingerprint density at radius 2 is 1.26 bits per heavy atom. The maximum Gasteiger partial charge on any atom is 0.261 e. The number of fused-ring (bicyclic) bond motifs is 4. The zero-order valence-electron chi connectivity index (χ0n) is 27.5. The molecule has 0 amide bonds. The van der Waals surface area contributed by atoms with Crippen LogP contribution in [0, 0.1) is 36.2 Å². The molecule has 0 fully saturated rings. The van der Waals surface area contributed by atoms with Crippen LogP contribution in [0.15, 0.2) is 94.8 Å². The maximum atomic E-state index is 12.8. The SMILES string of the molecule is CC(C)(O)C1Cc2nc3cc(C#Cc4ccccn4)ccc3c(=O)n2C1.[C-]#[N+]C1Cc2nc3cc(C#Cc4ccccn4)ccc3c(=O)n2C1. The van der Waals surface area contributed by atoms with Crippen LogP contribution in [0.3, 0.4) is 0 Å². The van der Waals surface area contributed by atoms with Crippen LogP contribution in [0.1, 0.15) is 48.0 Å². The fourth-order valence-electron chi connectivity index (χ4n) is 6.07. The van der Waals surface area contributed by atoms with Gasteiger partial charge in [0.25, 0.3) is 11.1 Å². The van der Waals surface area contributed by atoms with Crippen molar-refractivity contribution in [3.8, 4) is 23.7 Å². The number of pyridine rings is 2. The highest BCUT2D eigenvalue weighted by molar-refractivity contribution is 5.80. The average Bonchev–Trinajstić information content (AvgIpc) is 3.76. The summed E-state index contributed by atoms with van der Waals surface area (Å²) in [6.45, 7) is 11.6. The lowest BCUT2D eigenvalue weighted by Crippen LogP contribution is -2.32. The topological polar surface area (TPSA) is 120 Å². The Morgan fingerprint density at radius 3 is 1.74 bits per heavy atom. The number of hydrogen-bond acceptors (Lipinski definition) is 7. The van der Waals surface area contributed by atoms with Gasteiger partial charge in [-0.25, -0.2) is 26.5 Å². The molecule has 0 aliphatic carbocycles. The second kappa shape index (κ2) is 13.2. The molecule has 0 spiro atoms. The Bertz CT molecular complexity index is 2560. The summed E-state index contributed by atoms with van der Waals surface area (Å²) in [6.07, 6.45) is 4.52. The molecule has 0 radical (unpaired) electrons. The predicted molar refractivity (Wildman–Crippen MR) is 190 cm³/mol. The third-order valence-electron chi connectivity index (χ3n) is 8.89. The second-order valence-corrected chi connectivity index (χ2v) is 12.8. The van der Waals surface area contributed by atoms with Gasteiger partial charge in [-0.3, -0.25) is 18.7 Å². The number of benzene rings is 2. The van der Waals surface area contributed by atoms with Crippen molar-refractivity contribution >= 4 is 21.8 Å². The number of nitrogens with zero attached hydrogens (tertiary/aromatic N) is 7. The first-order chi connectivity index (χ1) is 24.2. The van der Waals surface area contributed by atoms with E-state index in [0.717, 1.165) is 17.0 Å². The molecule has 6 heterocycles. The first kappa shape index (κ1) is 32.2. The number of rotatable bonds is 1. The lowest BCUT2D eigenvalue weighted by molar-refractivity contribution is 0.0173. The van der Waals surface area contributed by atoms with Gasteiger partial charge < -0.3 is 9.95 Å². The van der Waals surface area contributed by atoms with Crippen molar-refractivity contribution in [2.75, 3.05) is 0 Å². The van der Waals surface area contributed by atoms with Crippen molar-refractivity contribution in [3.63, 3.8) is 0 Å². The Morgan fingerprint density at radius 1 is 0.740 bits per heavy atom. The summed E-state index contributed by atoms with van der Waals surface area (Å²) in [6, 6.07) is 21.8. The highest BCUT2D eigenvalue weighted by atomic mass is 16.3. The molecule has 10 nitrogen and oxygen atoms in total. The molecule has 1 N–H and O–H groups in total. The highest BCUT2D eigenvalue weighted by Crippen LogP contribution is 2.28. The molecular formula is C40H31N7O3. The standard InChI is InChI=1S/C21H19N3O2.C19H12N4O/c1-21(2,26)15-12-19-23-18-11-14(6-8-16-5-3-4-10-22-16)7-9-17(18)20(25)24(19)13-15;1-20-15-11-18-22-17-10-13(5-7-14-4-2-3-9-21-14)6-8-16(17)19(24)23(18)12-15/h3-5,7,9-11,15,26H,12-13H2,1-2H3;2-4,6,8-10,15H,11-12H2. The molecule has 4 aromatic heterocycles. The van der Waals surface area contributed by atoms with E-state index in [-0.39, 0.29) is 23.1 Å². The minimum absolute atomic E-state index is 0.0112. The molecule has 50 heavy (non-hydrogen) atoms. The summed E-state index contributed by atoms with van der Waals surface area (Å²) in [4.78, 5) is 46.4. The van der Waals surface area contributed by atoms with E-state index in [1.54, 1.807) is 47.5 Å². The molecule has 10 heteroatoms. The van der Waals surface area contributed by atoms with Crippen molar-refractivity contribution in [2.45, 2.75) is 51.4 Å². The lowest BCUT2D eigenvalue weighted by atomic mass is 9.90. The summed E-state index contributed by atoms with van der Waals surface area (Å²) in [5.74, 6) is 13.5. The molecule has 2 atom stereocenters. The molecule has 6 aromatic rings. The third kappa shape index (κ3) is 6.64. The van der Waals surface area contributed by atoms with Crippen LogP contribution in [0.5, 0.6) is 0 Å². The van der Waals surface area contributed by atoms with E-state index in [1.807, 2.05) is 60.7 Å². The lowest BCUT2D eigenvalue weighted by Gasteiger charge is -2.23. The Balaban J connectivity index is 0.000000157. The van der Waals surface area contributed by atoms with Crippen molar-refractivity contribution in [1.29, 1.82) is 0 Å². The molecule has 2 aliphatic rings. The van der Waals surface area contributed by atoms with Gasteiger partial charge in [-0.1, -0.05) is 24.0 Å². The Kier molecular flexibility index (Phi) is 8.51. The van der Waals surface area contributed by atoms with Crippen molar-refractivity contribution in [3.05, 3.63) is 151 Å². The van der Waals surface area contributed by atoms with Gasteiger partial charge in [-0.2, -0.15) is 0 Å². The normalized spacial score (nSPS) is 15.8. The van der Waals surface area contributed by atoms with Crippen molar-refractivity contribution < 1.29 is 5.11 Å². The molecule has 2 unspecified atom stereocenters. The average molecular weight is 658 g/mol. The van der Waals surface area contributed by atoms with E-state index in [2.05, 4.69) is 48.5 Å². The van der Waals surface area contributed by atoms with E-state index in [9.17, 15) is 14.7 Å². The van der Waals surface area contributed by atoms with Crippen LogP contribution in [-0.2, 0) is 25.9 Å². The van der Waals surface area contributed by atoms with Gasteiger partial charge in [-0.15, -0.1) is 0 Å². The minimum Gasteiger partial charge on any atom is -0.390 e. The molecule has 0 saturated heterocycles. The van der Waals surface area contributed by atoms with Gasteiger partial charge >= 0.3 is 0 Å². The molecule has 2 aromatic carbocycles. The largest absolute Gasteiger partial charge is 0.390 e. The smallest absolute Gasteiger partial charge is 0.261 e. The van der Waals surface area contributed by atoms with Gasteiger partial charge in [0.05, 0.1) is 33.8 Å². The molecule has 8 rings (SSSR count). The minimum atomic E-state index is -0.842. The summed E-state index contributed by atoms with van der Waals surface area (Å²) in [5, 5.41) is 11.4. The summed E-state index contributed by atoms with van der Waals surface area (Å²) in [7, 11) is 0. The molecule has 0 bridgehead atoms. The van der Waals surface area contributed by atoms with Crippen LogP contribution in [-0.4, -0.2) is 45.8 Å². The van der Waals surface area contributed by atoms with Gasteiger partial charge in [0, 0.05) is 42.4 Å². The highest BCUT2D eigenvalue weighted by Gasteiger charge is 2.34. The van der Waals surface area contributed by atoms with Crippen LogP contribution in [0.25, 0.3) is 26.7 Å². The van der Waals surface area contributed by atoms with E-state index in [4.69, 9.17) is 6.57 Å². The molecule has 0 saturated carbocycles. The predicted octanol–water partition coefficient (Wildman–Crippen LogP) is 4.17. The quantitative estimate of drug-likeness (QED) is 0.208. The van der Waals surface area contributed by atoms with E-state index in [0.29, 0.717) is 64.9 Å². The van der Waals surface area contributed by atoms with E-state index in [1.165, 1.54) is 0 Å². The van der Waals surface area contributed by atoms with Crippen LogP contribution >= 0.6 is 0 Å². The summed E-state index contributed by atoms with van der Waals surface area (Å²) >= 11 is 0. The zero-order chi connectivity index (χ0) is 34.8. The molecule has 2 aliphatic heterocycles. The maximum absolute atomic E-state index is 12.8. The zero-order valence-corrected chi connectivity index (χ0v) is 27.5. The van der Waals surface area contributed by atoms with Gasteiger partial charge in [0.1, 0.15) is 29.6 Å². The fraction of sp³-hybridized carbons (Fsp3) is 0.225. The van der Waals surface area contributed by atoms with Crippen LogP contribution < -0.4 is 11.1 Å². The van der Waals surface area contributed by atoms with Crippen molar-refractivity contribution in [1.82, 2.24) is 29.1 Å². The number of hydrogen-bond donors (Lipinski definition) is 1. The van der Waals surface area contributed by atoms with Gasteiger partial charge in [0.15, 0.2) is 0 Å². The molecule has 244 valence electrons. The van der Waals surface area contributed by atoms with Crippen LogP contribution in [0.2, 0.25) is 0 Å².